The van der Waals surface area contributed by atoms with Crippen LogP contribution in [0.1, 0.15) is 20.3 Å². The number of carbonyl (C=O) groups excluding carboxylic acids is 2. The lowest BCUT2D eigenvalue weighted by Gasteiger charge is -2.25. The quantitative estimate of drug-likeness (QED) is 0.538. The average molecular weight is 257 g/mol. The van der Waals surface area contributed by atoms with E-state index in [1.54, 1.807) is 0 Å². The molecule has 0 aliphatic heterocycles. The number of nitrogens with one attached hydrogen (secondary N) is 2. The highest BCUT2D eigenvalue weighted by Gasteiger charge is 2.15. The number of aliphatic hydroxyl groups is 1. The van der Waals surface area contributed by atoms with E-state index in [0.29, 0.717) is 19.5 Å². The number of carbonyl (C=O) groups is 2. The monoisotopic (exact) mass is 257 g/mol. The van der Waals surface area contributed by atoms with Crippen molar-refractivity contribution >= 4 is 11.9 Å². The van der Waals surface area contributed by atoms with Gasteiger partial charge < -0.3 is 10.4 Å². The molecule has 0 aromatic carbocycles. The van der Waals surface area contributed by atoms with E-state index in [0.717, 1.165) is 0 Å². The molecule has 0 saturated carbocycles. The van der Waals surface area contributed by atoms with Gasteiger partial charge in [0.2, 0.25) is 5.91 Å². The summed E-state index contributed by atoms with van der Waals surface area (Å²) in [6, 6.07) is -0.343. The molecule has 0 aromatic heterocycles. The highest BCUT2D eigenvalue weighted by Crippen LogP contribution is 1.98. The van der Waals surface area contributed by atoms with Crippen molar-refractivity contribution < 1.29 is 14.7 Å². The number of hydrogen-bond acceptors (Lipinski definition) is 4. The molecule has 0 aliphatic rings. The molecule has 18 heavy (non-hydrogen) atoms. The predicted octanol–water partition coefficient (Wildman–Crippen LogP) is 0.0910. The van der Waals surface area contributed by atoms with Gasteiger partial charge in [-0.2, -0.15) is 0 Å². The predicted molar refractivity (Wildman–Crippen MR) is 70.2 cm³/mol. The molecule has 3 amide bonds. The molecule has 104 valence electrons. The summed E-state index contributed by atoms with van der Waals surface area (Å²) in [5.74, 6) is -0.358. The fraction of sp³-hybridized carbons (Fsp3) is 0.667. The van der Waals surface area contributed by atoms with Gasteiger partial charge in [-0.25, -0.2) is 4.79 Å². The van der Waals surface area contributed by atoms with E-state index >= 15 is 0 Å². The smallest absolute Gasteiger partial charge is 0.321 e. The van der Waals surface area contributed by atoms with E-state index in [4.69, 9.17) is 5.11 Å². The molecule has 0 spiro atoms. The van der Waals surface area contributed by atoms with Gasteiger partial charge in [0.15, 0.2) is 0 Å². The summed E-state index contributed by atoms with van der Waals surface area (Å²) in [5.41, 5.74) is 0. The van der Waals surface area contributed by atoms with Crippen LogP contribution in [0.4, 0.5) is 4.79 Å². The summed E-state index contributed by atoms with van der Waals surface area (Å²) in [4.78, 5) is 24.7. The fourth-order valence-electron chi connectivity index (χ4n) is 1.35. The average Bonchev–Trinajstić information content (AvgIpc) is 2.31. The molecule has 3 N–H and O–H groups in total. The lowest BCUT2D eigenvalue weighted by atomic mass is 10.3. The van der Waals surface area contributed by atoms with Crippen molar-refractivity contribution in [3.63, 3.8) is 0 Å². The Morgan fingerprint density at radius 1 is 1.44 bits per heavy atom. The highest BCUT2D eigenvalue weighted by molar-refractivity contribution is 5.95. The van der Waals surface area contributed by atoms with E-state index in [1.165, 1.54) is 6.08 Å². The van der Waals surface area contributed by atoms with E-state index in [2.05, 4.69) is 17.2 Å². The van der Waals surface area contributed by atoms with Crippen molar-refractivity contribution in [2.75, 3.05) is 26.2 Å². The lowest BCUT2D eigenvalue weighted by Crippen LogP contribution is -2.46. The van der Waals surface area contributed by atoms with E-state index in [9.17, 15) is 9.59 Å². The number of aliphatic hydroxyl groups excluding tert-OH is 1. The Kier molecular flexibility index (Phi) is 8.86. The van der Waals surface area contributed by atoms with Crippen LogP contribution in [0.25, 0.3) is 0 Å². The van der Waals surface area contributed by atoms with Crippen LogP contribution in [0.5, 0.6) is 0 Å². The first kappa shape index (κ1) is 16.6. The van der Waals surface area contributed by atoms with Crippen LogP contribution in [0.2, 0.25) is 0 Å². The summed E-state index contributed by atoms with van der Waals surface area (Å²) < 4.78 is 0. The Labute approximate surface area is 108 Å². The molecular weight excluding hydrogens is 234 g/mol. The van der Waals surface area contributed by atoms with Crippen LogP contribution in [-0.2, 0) is 4.79 Å². The van der Waals surface area contributed by atoms with Crippen LogP contribution in [-0.4, -0.2) is 54.2 Å². The normalized spacial score (nSPS) is 10.5. The molecular formula is C12H23N3O3. The Balaban J connectivity index is 4.08. The Morgan fingerprint density at radius 2 is 2.11 bits per heavy atom. The summed E-state index contributed by atoms with van der Waals surface area (Å²) >= 11 is 0. The van der Waals surface area contributed by atoms with E-state index in [1.807, 2.05) is 18.7 Å². The zero-order chi connectivity index (χ0) is 14.0. The first-order valence-corrected chi connectivity index (χ1v) is 6.04. The maximum atomic E-state index is 11.6. The summed E-state index contributed by atoms with van der Waals surface area (Å²) in [7, 11) is 0. The first-order valence-electron chi connectivity index (χ1n) is 6.04. The standard InChI is InChI=1S/C12H23N3O3/c1-4-6-13-12(18)14-11(17)9-15(10(2)3)7-5-8-16/h4,10,16H,1,5-9H2,2-3H3,(H2,13,14,17,18). The van der Waals surface area contributed by atoms with Gasteiger partial charge in [-0.1, -0.05) is 6.08 Å². The number of rotatable bonds is 8. The van der Waals surface area contributed by atoms with E-state index in [-0.39, 0.29) is 25.1 Å². The van der Waals surface area contributed by atoms with Crippen molar-refractivity contribution in [3.05, 3.63) is 12.7 Å². The van der Waals surface area contributed by atoms with Crippen LogP contribution in [0, 0.1) is 0 Å². The van der Waals surface area contributed by atoms with Crippen LogP contribution >= 0.6 is 0 Å². The molecule has 0 atom stereocenters. The third kappa shape index (κ3) is 7.81. The number of amides is 3. The third-order valence-electron chi connectivity index (χ3n) is 2.34. The third-order valence-corrected chi connectivity index (χ3v) is 2.34. The van der Waals surface area contributed by atoms with Gasteiger partial charge in [-0.15, -0.1) is 6.58 Å². The Morgan fingerprint density at radius 3 is 2.61 bits per heavy atom. The first-order chi connectivity index (χ1) is 8.51. The fourth-order valence-corrected chi connectivity index (χ4v) is 1.35. The maximum Gasteiger partial charge on any atom is 0.321 e. The molecule has 6 heteroatoms. The second-order valence-corrected chi connectivity index (χ2v) is 4.19. The number of hydrogen-bond donors (Lipinski definition) is 3. The Hall–Kier alpha value is -1.40. The molecule has 0 aliphatic carbocycles. The van der Waals surface area contributed by atoms with Gasteiger partial charge >= 0.3 is 6.03 Å². The van der Waals surface area contributed by atoms with Crippen molar-refractivity contribution in [1.82, 2.24) is 15.5 Å². The Bertz CT molecular complexity index is 280. The number of imide groups is 1. The molecule has 0 aromatic rings. The molecule has 0 radical (unpaired) electrons. The zero-order valence-corrected chi connectivity index (χ0v) is 11.1. The van der Waals surface area contributed by atoms with Gasteiger partial charge in [0.25, 0.3) is 0 Å². The number of nitrogens with zero attached hydrogens (tertiary/aromatic N) is 1. The van der Waals surface area contributed by atoms with Gasteiger partial charge in [-0.05, 0) is 20.3 Å². The SMILES string of the molecule is C=CCNC(=O)NC(=O)CN(CCCO)C(C)C. The minimum Gasteiger partial charge on any atom is -0.396 e. The lowest BCUT2D eigenvalue weighted by molar-refractivity contribution is -0.121. The van der Waals surface area contributed by atoms with Gasteiger partial charge in [-0.3, -0.25) is 15.0 Å². The molecule has 0 rings (SSSR count). The topological polar surface area (TPSA) is 81.7 Å². The second-order valence-electron chi connectivity index (χ2n) is 4.19. The minimum absolute atomic E-state index is 0.0880. The van der Waals surface area contributed by atoms with Gasteiger partial charge in [0.1, 0.15) is 0 Å². The van der Waals surface area contributed by atoms with Crippen molar-refractivity contribution in [1.29, 1.82) is 0 Å². The minimum atomic E-state index is -0.522. The van der Waals surface area contributed by atoms with Gasteiger partial charge in [0.05, 0.1) is 6.54 Å². The molecule has 0 bridgehead atoms. The van der Waals surface area contributed by atoms with Crippen molar-refractivity contribution in [2.45, 2.75) is 26.3 Å². The molecule has 0 unspecified atom stereocenters. The number of urea groups is 1. The summed E-state index contributed by atoms with van der Waals surface area (Å²) in [5, 5.41) is 13.5. The second kappa shape index (κ2) is 9.61. The largest absolute Gasteiger partial charge is 0.396 e. The van der Waals surface area contributed by atoms with Gasteiger partial charge in [0, 0.05) is 25.7 Å². The van der Waals surface area contributed by atoms with Crippen LogP contribution < -0.4 is 10.6 Å². The van der Waals surface area contributed by atoms with E-state index < -0.39 is 6.03 Å². The summed E-state index contributed by atoms with van der Waals surface area (Å²) in [6.07, 6.45) is 2.14. The van der Waals surface area contributed by atoms with Crippen LogP contribution in [0.3, 0.4) is 0 Å². The highest BCUT2D eigenvalue weighted by atomic mass is 16.3. The molecule has 0 saturated heterocycles. The molecule has 6 nitrogen and oxygen atoms in total. The maximum absolute atomic E-state index is 11.6. The molecule has 0 fully saturated rings. The zero-order valence-electron chi connectivity index (χ0n) is 11.1. The van der Waals surface area contributed by atoms with Crippen molar-refractivity contribution in [3.8, 4) is 0 Å². The van der Waals surface area contributed by atoms with Crippen molar-refractivity contribution in [2.24, 2.45) is 0 Å². The van der Waals surface area contributed by atoms with Crippen LogP contribution in [0.15, 0.2) is 12.7 Å². The molecule has 0 heterocycles. The summed E-state index contributed by atoms with van der Waals surface area (Å²) in [6.45, 7) is 8.54.